The normalized spacial score (nSPS) is 17.5. The fraction of sp³-hybridized carbons (Fsp3) is 0.559. The van der Waals surface area contributed by atoms with Crippen molar-refractivity contribution < 1.29 is 62.6 Å². The Balaban J connectivity index is 1.32. The minimum absolute atomic E-state index is 0.0234. The highest BCUT2D eigenvalue weighted by atomic mass is 16.5. The van der Waals surface area contributed by atoms with E-state index in [2.05, 4.69) is 37.2 Å². The Hall–Kier alpha value is -8.58. The topological polar surface area (TPSA) is 377 Å². The van der Waals surface area contributed by atoms with Crippen molar-refractivity contribution in [1.82, 2.24) is 47.0 Å². The Morgan fingerprint density at radius 1 is 0.516 bits per heavy atom. The minimum Gasteiger partial charge on any atom is -0.623 e. The van der Waals surface area contributed by atoms with Crippen LogP contribution in [0.1, 0.15) is 136 Å². The summed E-state index contributed by atoms with van der Waals surface area (Å²) in [5.41, 5.74) is 13.7. The van der Waals surface area contributed by atoms with E-state index in [9.17, 15) is 63.1 Å². The first-order valence-corrected chi connectivity index (χ1v) is 32.6. The summed E-state index contributed by atoms with van der Waals surface area (Å²) >= 11 is 0. The number of hydrogen-bond donors (Lipinski definition) is 10. The van der Waals surface area contributed by atoms with Gasteiger partial charge < -0.3 is 68.8 Å². The Morgan fingerprint density at radius 2 is 0.903 bits per heavy atom. The molecule has 2 aliphatic heterocycles. The molecule has 3 aromatic rings. The molecule has 0 bridgehead atoms. The fourth-order valence-corrected chi connectivity index (χ4v) is 11.6. The lowest BCUT2D eigenvalue weighted by Crippen LogP contribution is -2.61. The Bertz CT molecular complexity index is 3040. The van der Waals surface area contributed by atoms with Crippen LogP contribution in [0.2, 0.25) is 0 Å². The first-order chi connectivity index (χ1) is 44.2. The first kappa shape index (κ1) is 75.1. The first-order valence-electron chi connectivity index (χ1n) is 32.6. The van der Waals surface area contributed by atoms with E-state index in [0.717, 1.165) is 5.56 Å². The number of carbonyl (C=O) groups is 11. The second-order valence-corrected chi connectivity index (χ2v) is 25.7. The summed E-state index contributed by atoms with van der Waals surface area (Å²) in [7, 11) is 0. The van der Waals surface area contributed by atoms with Crippen molar-refractivity contribution in [2.45, 2.75) is 193 Å². The van der Waals surface area contributed by atoms with E-state index in [1.807, 2.05) is 50.2 Å². The lowest BCUT2D eigenvalue weighted by atomic mass is 9.98. The Kier molecular flexibility index (Phi) is 30.1. The van der Waals surface area contributed by atoms with Crippen LogP contribution in [0.4, 0.5) is 0 Å². The maximum absolute atomic E-state index is 15.0. The van der Waals surface area contributed by atoms with Gasteiger partial charge >= 0.3 is 5.97 Å². The molecule has 3 aromatic carbocycles. The summed E-state index contributed by atoms with van der Waals surface area (Å²) in [6.45, 7) is 14.5. The van der Waals surface area contributed by atoms with Crippen molar-refractivity contribution in [2.75, 3.05) is 26.2 Å². The molecule has 0 saturated carbocycles. The van der Waals surface area contributed by atoms with Crippen LogP contribution in [0, 0.1) is 28.9 Å². The van der Waals surface area contributed by atoms with Crippen molar-refractivity contribution in [2.24, 2.45) is 35.1 Å². The monoisotopic (exact) mass is 1290 g/mol. The number of ketones is 1. The molecule has 0 radical (unpaired) electrons. The zero-order valence-corrected chi connectivity index (χ0v) is 55.0. The average molecular weight is 1290 g/mol. The van der Waals surface area contributed by atoms with Crippen LogP contribution in [-0.4, -0.2) is 177 Å². The summed E-state index contributed by atoms with van der Waals surface area (Å²) in [5, 5.41) is 42.6. The number of nitrogens with one attached hydrogen (secondary N) is 7. The van der Waals surface area contributed by atoms with Crippen LogP contribution < -0.4 is 48.7 Å². The number of carboxylic acid groups (broad SMARTS) is 1. The van der Waals surface area contributed by atoms with Gasteiger partial charge in [-0.05, 0) is 124 Å². The third-order valence-electron chi connectivity index (χ3n) is 16.6. The predicted octanol–water partition coefficient (Wildman–Crippen LogP) is 2.38. The molecule has 2 fully saturated rings. The van der Waals surface area contributed by atoms with E-state index in [1.165, 1.54) is 16.0 Å². The molecule has 25 heteroatoms. The molecule has 2 heterocycles. The van der Waals surface area contributed by atoms with Crippen molar-refractivity contribution >= 4 is 71.1 Å². The highest BCUT2D eigenvalue weighted by molar-refractivity contribution is 6.35. The van der Waals surface area contributed by atoms with Gasteiger partial charge in [-0.3, -0.25) is 47.9 Å². The standard InChI is InChI=1S/C68H98N12O13/c1-41(2)36-50(58(81)68(91)92)73-59(82)48(28-18-32-69)71-64(87)56(43(5)6)76-62(85)53-30-20-34-78(53)66(89)52(38-45-22-12-9-13-23-45)75-61(84)51(37-42(3)4)74-60(83)49(29-19-33-70)72-65(88)57(44(7)8)77-63(86)54-31-21-35-79(54)67(90)55(39-46-24-14-10-15-25-46)80(93)40-47-26-16-11-17-27-47/h9-17,22-27,40-44,48-57H,18-21,28-39,69-70H2,1-8H3,(H,71,87)(H,72,88)(H,73,82)(H,74,83)(H,75,84)(H,76,85)(H,77,86)(H,91,92)/b80-40-/t48-,49-,50-,51-,52+,53-,54-,55+,56-,57-/m0/s1. The van der Waals surface area contributed by atoms with Crippen molar-refractivity contribution in [3.8, 4) is 0 Å². The molecule has 25 nitrogen and oxygen atoms in total. The third kappa shape index (κ3) is 22.9. The van der Waals surface area contributed by atoms with E-state index < -0.39 is 137 Å². The van der Waals surface area contributed by atoms with E-state index >= 15 is 0 Å². The number of likely N-dealkylation sites (tertiary alicyclic amines) is 2. The molecular weight excluding hydrogens is 1190 g/mol. The quantitative estimate of drug-likeness (QED) is 0.0131. The molecule has 9 amide bonds. The van der Waals surface area contributed by atoms with Crippen LogP contribution in [0.15, 0.2) is 91.0 Å². The summed E-state index contributed by atoms with van der Waals surface area (Å²) in [5.74, 6) is -10.6. The average Bonchev–Trinajstić information content (AvgIpc) is 1.78. The number of aliphatic carboxylic acids is 1. The van der Waals surface area contributed by atoms with Gasteiger partial charge in [0.1, 0.15) is 48.3 Å². The van der Waals surface area contributed by atoms with Crippen molar-refractivity contribution in [1.29, 1.82) is 0 Å². The molecule has 0 aliphatic carbocycles. The number of Topliss-reactive ketones (excluding diaryl/α,β-unsaturated/α-hetero) is 1. The number of amides is 9. The van der Waals surface area contributed by atoms with Gasteiger partial charge in [0.25, 0.3) is 11.7 Å². The van der Waals surface area contributed by atoms with E-state index in [4.69, 9.17) is 11.5 Å². The SMILES string of the molecule is CC(C)C[C@H](NC(=O)[C@H](CCCN)NC(=O)[C@@H](NC(=O)[C@@H]1CCCN1C(=O)[C@@H](Cc1ccccc1)/[N+]([O-])=C/c1ccccc1)C(C)C)C(=O)N[C@H](Cc1ccccc1)C(=O)N1CCC[C@H]1C(=O)N[C@H](C(=O)N[C@@H](CCCN)C(=O)N[C@@H](CC(C)C)C(=O)C(=O)O)C(C)C. The maximum Gasteiger partial charge on any atom is 0.374 e. The Morgan fingerprint density at radius 3 is 1.33 bits per heavy atom. The number of carboxylic acids is 1. The largest absolute Gasteiger partial charge is 0.623 e. The molecule has 5 rings (SSSR count). The fourth-order valence-electron chi connectivity index (χ4n) is 11.6. The lowest BCUT2D eigenvalue weighted by molar-refractivity contribution is -0.482. The van der Waals surface area contributed by atoms with E-state index in [-0.39, 0.29) is 102 Å². The number of nitrogens with zero attached hydrogens (tertiary/aromatic N) is 3. The second kappa shape index (κ2) is 37.2. The highest BCUT2D eigenvalue weighted by Crippen LogP contribution is 2.24. The molecule has 508 valence electrons. The zero-order valence-electron chi connectivity index (χ0n) is 55.0. The molecule has 0 spiro atoms. The van der Waals surface area contributed by atoms with E-state index in [1.54, 1.807) is 96.1 Å². The van der Waals surface area contributed by atoms with Crippen LogP contribution >= 0.6 is 0 Å². The maximum atomic E-state index is 15.0. The van der Waals surface area contributed by atoms with Crippen LogP contribution in [0.5, 0.6) is 0 Å². The van der Waals surface area contributed by atoms with Crippen LogP contribution in [0.3, 0.4) is 0 Å². The van der Waals surface area contributed by atoms with Gasteiger partial charge in [0.2, 0.25) is 53.3 Å². The van der Waals surface area contributed by atoms with Crippen molar-refractivity contribution in [3.05, 3.63) is 113 Å². The molecule has 2 saturated heterocycles. The summed E-state index contributed by atoms with van der Waals surface area (Å²) in [4.78, 5) is 157. The molecule has 93 heavy (non-hydrogen) atoms. The third-order valence-corrected chi connectivity index (χ3v) is 16.6. The van der Waals surface area contributed by atoms with Gasteiger partial charge in [0.15, 0.2) is 6.21 Å². The van der Waals surface area contributed by atoms with Gasteiger partial charge in [0, 0.05) is 31.5 Å². The number of rotatable bonds is 36. The highest BCUT2D eigenvalue weighted by Gasteiger charge is 2.44. The lowest BCUT2D eigenvalue weighted by Gasteiger charge is -2.32. The van der Waals surface area contributed by atoms with Gasteiger partial charge in [0.05, 0.1) is 6.04 Å². The van der Waals surface area contributed by atoms with Gasteiger partial charge in [-0.2, -0.15) is 4.74 Å². The van der Waals surface area contributed by atoms with Gasteiger partial charge in [-0.15, -0.1) is 0 Å². The molecular formula is C68H98N12O13. The second-order valence-electron chi connectivity index (χ2n) is 25.7. The number of hydrogen-bond acceptors (Lipinski definition) is 14. The van der Waals surface area contributed by atoms with Gasteiger partial charge in [-0.25, -0.2) is 4.79 Å². The smallest absolute Gasteiger partial charge is 0.374 e. The van der Waals surface area contributed by atoms with Crippen molar-refractivity contribution in [3.63, 3.8) is 0 Å². The van der Waals surface area contributed by atoms with Crippen LogP contribution in [-0.2, 0) is 65.6 Å². The minimum atomic E-state index is -1.72. The number of carbonyl (C=O) groups excluding carboxylic acids is 10. The molecule has 2 aliphatic rings. The Labute approximate surface area is 545 Å². The summed E-state index contributed by atoms with van der Waals surface area (Å²) in [6, 6.07) is 14.6. The van der Waals surface area contributed by atoms with Gasteiger partial charge in [-0.1, -0.05) is 134 Å². The zero-order chi connectivity index (χ0) is 68.5. The number of nitrogens with two attached hydrogens (primary N) is 2. The molecule has 10 atom stereocenters. The number of hydroxylamine groups is 1. The molecule has 12 N–H and O–H groups in total. The number of benzene rings is 3. The predicted molar refractivity (Wildman–Crippen MR) is 350 cm³/mol. The summed E-state index contributed by atoms with van der Waals surface area (Å²) in [6.07, 6.45) is 3.40. The summed E-state index contributed by atoms with van der Waals surface area (Å²) < 4.78 is 0.621. The molecule has 0 aromatic heterocycles. The molecule has 0 unspecified atom stereocenters. The van der Waals surface area contributed by atoms with E-state index in [0.29, 0.717) is 28.7 Å². The van der Waals surface area contributed by atoms with Crippen LogP contribution in [0.25, 0.3) is 0 Å².